The molecule has 2 aliphatic rings. The van der Waals surface area contributed by atoms with Gasteiger partial charge in [-0.2, -0.15) is 0 Å². The number of nitrogens with zero attached hydrogens (tertiary/aromatic N) is 1. The normalized spacial score (nSPS) is 19.0. The van der Waals surface area contributed by atoms with Crippen molar-refractivity contribution in [2.24, 2.45) is 0 Å². The number of rotatable bonds is 6. The SMILES string of the molecule is CCCCCC(=O)N1c2ccccc2NC2=C(C(=O)CC(c3ccc(C(C)(C)C)cc3)C2)C1c1ccc(F)cc1. The summed E-state index contributed by atoms with van der Waals surface area (Å²) in [6, 6.07) is 22.0. The number of para-hydroxylation sites is 2. The van der Waals surface area contributed by atoms with Crippen molar-refractivity contribution in [3.8, 4) is 0 Å². The Kier molecular flexibility index (Phi) is 7.93. The van der Waals surface area contributed by atoms with Gasteiger partial charge in [-0.05, 0) is 65.1 Å². The molecule has 3 aromatic rings. The number of hydrogen-bond donors (Lipinski definition) is 1. The first kappa shape index (κ1) is 27.8. The number of halogens is 1. The summed E-state index contributed by atoms with van der Waals surface area (Å²) in [5, 5.41) is 3.58. The number of unbranched alkanes of at least 4 members (excludes halogenated alkanes) is 2. The van der Waals surface area contributed by atoms with Gasteiger partial charge in [0.25, 0.3) is 0 Å². The number of hydrogen-bond acceptors (Lipinski definition) is 3. The highest BCUT2D eigenvalue weighted by atomic mass is 19.1. The molecule has 208 valence electrons. The number of nitrogens with one attached hydrogen (secondary N) is 1. The second-order valence-electron chi connectivity index (χ2n) is 12.1. The van der Waals surface area contributed by atoms with E-state index in [1.165, 1.54) is 17.7 Å². The Labute approximate surface area is 237 Å². The van der Waals surface area contributed by atoms with Crippen LogP contribution in [0.15, 0.2) is 84.1 Å². The molecule has 0 spiro atoms. The van der Waals surface area contributed by atoms with Gasteiger partial charge in [0.15, 0.2) is 5.78 Å². The summed E-state index contributed by atoms with van der Waals surface area (Å²) in [4.78, 5) is 29.8. The number of Topliss-reactive ketones (excluding diaryl/α,β-unsaturated/α-hetero) is 1. The molecular weight excluding hydrogens is 499 g/mol. The van der Waals surface area contributed by atoms with Crippen LogP contribution in [0.2, 0.25) is 0 Å². The van der Waals surface area contributed by atoms with Gasteiger partial charge in [-0.3, -0.25) is 14.5 Å². The van der Waals surface area contributed by atoms with Gasteiger partial charge in [-0.25, -0.2) is 4.39 Å². The molecule has 0 aromatic heterocycles. The molecule has 1 aliphatic carbocycles. The van der Waals surface area contributed by atoms with Crippen molar-refractivity contribution in [3.63, 3.8) is 0 Å². The Morgan fingerprint density at radius 3 is 2.27 bits per heavy atom. The number of anilines is 2. The molecule has 1 heterocycles. The molecule has 0 bridgehead atoms. The van der Waals surface area contributed by atoms with E-state index in [0.29, 0.717) is 24.8 Å². The van der Waals surface area contributed by atoms with Crippen LogP contribution in [-0.4, -0.2) is 11.7 Å². The second-order valence-corrected chi connectivity index (χ2v) is 12.1. The van der Waals surface area contributed by atoms with Crippen molar-refractivity contribution in [2.75, 3.05) is 10.2 Å². The van der Waals surface area contributed by atoms with Crippen LogP contribution >= 0.6 is 0 Å². The minimum Gasteiger partial charge on any atom is -0.357 e. The molecule has 3 aromatic carbocycles. The molecule has 5 rings (SSSR count). The van der Waals surface area contributed by atoms with E-state index in [0.717, 1.165) is 47.5 Å². The quantitative estimate of drug-likeness (QED) is 0.320. The lowest BCUT2D eigenvalue weighted by Gasteiger charge is -2.35. The lowest BCUT2D eigenvalue weighted by Crippen LogP contribution is -2.38. The summed E-state index contributed by atoms with van der Waals surface area (Å²) in [5.74, 6) is -0.328. The molecule has 0 fully saturated rings. The fourth-order valence-electron chi connectivity index (χ4n) is 5.96. The summed E-state index contributed by atoms with van der Waals surface area (Å²) >= 11 is 0. The number of amides is 1. The lowest BCUT2D eigenvalue weighted by molar-refractivity contribution is -0.119. The molecule has 4 nitrogen and oxygen atoms in total. The fourth-order valence-corrected chi connectivity index (χ4v) is 5.96. The summed E-state index contributed by atoms with van der Waals surface area (Å²) < 4.78 is 14.0. The second kappa shape index (κ2) is 11.4. The molecule has 2 atom stereocenters. The summed E-state index contributed by atoms with van der Waals surface area (Å²) in [6.07, 6.45) is 4.16. The van der Waals surface area contributed by atoms with Gasteiger partial charge < -0.3 is 5.32 Å². The van der Waals surface area contributed by atoms with Crippen molar-refractivity contribution >= 4 is 23.1 Å². The molecule has 0 saturated heterocycles. The van der Waals surface area contributed by atoms with Crippen LogP contribution in [0.1, 0.15) is 94.9 Å². The number of carbonyl (C=O) groups excluding carboxylic acids is 2. The number of ketones is 1. The predicted molar refractivity (Wildman–Crippen MR) is 160 cm³/mol. The highest BCUT2D eigenvalue weighted by molar-refractivity contribution is 6.06. The Balaban J connectivity index is 1.61. The maximum absolute atomic E-state index is 14.1. The largest absolute Gasteiger partial charge is 0.357 e. The van der Waals surface area contributed by atoms with Gasteiger partial charge in [0.05, 0.1) is 17.4 Å². The van der Waals surface area contributed by atoms with Crippen LogP contribution in [-0.2, 0) is 15.0 Å². The molecule has 40 heavy (non-hydrogen) atoms. The van der Waals surface area contributed by atoms with E-state index in [2.05, 4.69) is 57.3 Å². The molecular formula is C35H39FN2O2. The molecule has 1 aliphatic heterocycles. The van der Waals surface area contributed by atoms with E-state index in [-0.39, 0.29) is 28.8 Å². The third kappa shape index (κ3) is 5.60. The number of benzene rings is 3. The van der Waals surface area contributed by atoms with E-state index in [9.17, 15) is 14.0 Å². The average Bonchev–Trinajstić information content (AvgIpc) is 3.08. The van der Waals surface area contributed by atoms with Crippen LogP contribution in [0.5, 0.6) is 0 Å². The van der Waals surface area contributed by atoms with E-state index < -0.39 is 6.04 Å². The van der Waals surface area contributed by atoms with Gasteiger partial charge in [-0.1, -0.05) is 89.1 Å². The molecule has 1 N–H and O–H groups in total. The summed E-state index contributed by atoms with van der Waals surface area (Å²) in [6.45, 7) is 8.70. The van der Waals surface area contributed by atoms with Crippen LogP contribution in [0.25, 0.3) is 0 Å². The Hall–Kier alpha value is -3.73. The lowest BCUT2D eigenvalue weighted by atomic mass is 9.77. The van der Waals surface area contributed by atoms with E-state index in [4.69, 9.17) is 0 Å². The first-order chi connectivity index (χ1) is 19.2. The zero-order valence-corrected chi connectivity index (χ0v) is 24.0. The average molecular weight is 539 g/mol. The molecule has 0 saturated carbocycles. The van der Waals surface area contributed by atoms with E-state index in [1.54, 1.807) is 17.0 Å². The minimum atomic E-state index is -0.627. The Morgan fingerprint density at radius 2 is 1.60 bits per heavy atom. The number of allylic oxidation sites excluding steroid dienone is 1. The molecule has 5 heteroatoms. The van der Waals surface area contributed by atoms with Crippen molar-refractivity contribution in [3.05, 3.63) is 107 Å². The van der Waals surface area contributed by atoms with Crippen molar-refractivity contribution in [1.29, 1.82) is 0 Å². The fraction of sp³-hybridized carbons (Fsp3) is 0.371. The van der Waals surface area contributed by atoms with Crippen LogP contribution < -0.4 is 10.2 Å². The zero-order chi connectivity index (χ0) is 28.4. The third-order valence-corrected chi connectivity index (χ3v) is 8.19. The van der Waals surface area contributed by atoms with Crippen molar-refractivity contribution < 1.29 is 14.0 Å². The van der Waals surface area contributed by atoms with Crippen LogP contribution in [0, 0.1) is 5.82 Å². The van der Waals surface area contributed by atoms with Gasteiger partial charge in [0, 0.05) is 24.1 Å². The Bertz CT molecular complexity index is 1420. The number of carbonyl (C=O) groups is 2. The van der Waals surface area contributed by atoms with E-state index in [1.807, 2.05) is 24.3 Å². The van der Waals surface area contributed by atoms with Crippen molar-refractivity contribution in [1.82, 2.24) is 0 Å². The van der Waals surface area contributed by atoms with Crippen LogP contribution in [0.3, 0.4) is 0 Å². The monoisotopic (exact) mass is 538 g/mol. The molecule has 0 radical (unpaired) electrons. The smallest absolute Gasteiger partial charge is 0.227 e. The topological polar surface area (TPSA) is 49.4 Å². The first-order valence-corrected chi connectivity index (χ1v) is 14.5. The maximum atomic E-state index is 14.1. The summed E-state index contributed by atoms with van der Waals surface area (Å²) in [7, 11) is 0. The first-order valence-electron chi connectivity index (χ1n) is 14.5. The van der Waals surface area contributed by atoms with Gasteiger partial charge >= 0.3 is 0 Å². The van der Waals surface area contributed by atoms with Crippen LogP contribution in [0.4, 0.5) is 15.8 Å². The zero-order valence-electron chi connectivity index (χ0n) is 24.0. The standard InChI is InChI=1S/C35H39FN2O2/c1-5-6-7-12-32(40)38-30-11-9-8-10-28(30)37-29-21-25(23-13-17-26(18-14-23)35(2,3)4)22-31(39)33(29)34(38)24-15-19-27(36)20-16-24/h8-11,13-20,25,34,37H,5-7,12,21-22H2,1-4H3. The maximum Gasteiger partial charge on any atom is 0.227 e. The third-order valence-electron chi connectivity index (χ3n) is 8.19. The van der Waals surface area contributed by atoms with Crippen molar-refractivity contribution in [2.45, 2.75) is 83.6 Å². The molecule has 1 amide bonds. The predicted octanol–water partition coefficient (Wildman–Crippen LogP) is 8.60. The molecule has 2 unspecified atom stereocenters. The van der Waals surface area contributed by atoms with Gasteiger partial charge in [0.1, 0.15) is 5.82 Å². The van der Waals surface area contributed by atoms with Gasteiger partial charge in [0.2, 0.25) is 5.91 Å². The minimum absolute atomic E-state index is 0.0205. The van der Waals surface area contributed by atoms with E-state index >= 15 is 0 Å². The number of fused-ring (bicyclic) bond motifs is 1. The highest BCUT2D eigenvalue weighted by Crippen LogP contribution is 2.47. The Morgan fingerprint density at radius 1 is 0.925 bits per heavy atom. The summed E-state index contributed by atoms with van der Waals surface area (Å²) in [5.41, 5.74) is 6.18. The highest BCUT2D eigenvalue weighted by Gasteiger charge is 2.41. The van der Waals surface area contributed by atoms with Gasteiger partial charge in [-0.15, -0.1) is 0 Å².